The molecule has 3 aliphatic rings. The van der Waals surface area contributed by atoms with Gasteiger partial charge in [0.2, 0.25) is 0 Å². The number of para-hydroxylation sites is 1. The van der Waals surface area contributed by atoms with Crippen molar-refractivity contribution in [3.63, 3.8) is 0 Å². The highest BCUT2D eigenvalue weighted by atomic mass is 16.6. The fourth-order valence-corrected chi connectivity index (χ4v) is 4.96. The molecular weight excluding hydrogens is 410 g/mol. The van der Waals surface area contributed by atoms with E-state index in [4.69, 9.17) is 13.9 Å². The Morgan fingerprint density at radius 1 is 1.19 bits per heavy atom. The molecule has 0 spiro atoms. The van der Waals surface area contributed by atoms with E-state index < -0.39 is 17.8 Å². The van der Waals surface area contributed by atoms with Gasteiger partial charge < -0.3 is 19.2 Å². The lowest BCUT2D eigenvalue weighted by Crippen LogP contribution is -2.42. The molecule has 7 nitrogen and oxygen atoms in total. The third-order valence-electron chi connectivity index (χ3n) is 6.52. The molecule has 0 bridgehead atoms. The maximum absolute atomic E-state index is 13.4. The zero-order valence-corrected chi connectivity index (χ0v) is 17.7. The van der Waals surface area contributed by atoms with Crippen LogP contribution in [0, 0.1) is 5.92 Å². The van der Waals surface area contributed by atoms with Gasteiger partial charge in [0.1, 0.15) is 18.1 Å². The first-order valence-electron chi connectivity index (χ1n) is 11.1. The second-order valence-electron chi connectivity index (χ2n) is 8.56. The minimum atomic E-state index is -0.915. The molecule has 2 aliphatic heterocycles. The number of Topliss-reactive ketones (excluding diaryl/α,β-unsaturated/α-hetero) is 1. The van der Waals surface area contributed by atoms with Crippen LogP contribution in [0.25, 0.3) is 11.0 Å². The van der Waals surface area contributed by atoms with Gasteiger partial charge in [-0.25, -0.2) is 0 Å². The van der Waals surface area contributed by atoms with E-state index in [1.165, 1.54) is 6.26 Å². The van der Waals surface area contributed by atoms with E-state index in [9.17, 15) is 14.4 Å². The summed E-state index contributed by atoms with van der Waals surface area (Å²) in [7, 11) is 0. The first-order valence-corrected chi connectivity index (χ1v) is 11.1. The maximum Gasteiger partial charge on any atom is 0.315 e. The van der Waals surface area contributed by atoms with Gasteiger partial charge in [-0.05, 0) is 37.8 Å². The van der Waals surface area contributed by atoms with Crippen LogP contribution in [-0.2, 0) is 19.1 Å². The van der Waals surface area contributed by atoms with Gasteiger partial charge in [-0.2, -0.15) is 0 Å². The lowest BCUT2D eigenvalue weighted by Gasteiger charge is -2.37. The van der Waals surface area contributed by atoms with Crippen LogP contribution < -0.4 is 10.7 Å². The molecule has 0 radical (unpaired) electrons. The molecule has 32 heavy (non-hydrogen) atoms. The van der Waals surface area contributed by atoms with E-state index in [0.29, 0.717) is 48.1 Å². The van der Waals surface area contributed by atoms with Crippen molar-refractivity contribution in [3.8, 4) is 0 Å². The first-order chi connectivity index (χ1) is 15.5. The van der Waals surface area contributed by atoms with Crippen LogP contribution in [0.5, 0.6) is 0 Å². The Bertz CT molecular complexity index is 1190. The zero-order valence-electron chi connectivity index (χ0n) is 17.7. The van der Waals surface area contributed by atoms with Crippen molar-refractivity contribution in [1.82, 2.24) is 5.32 Å². The Morgan fingerprint density at radius 2 is 2.03 bits per heavy atom. The molecule has 3 unspecified atom stereocenters. The summed E-state index contributed by atoms with van der Waals surface area (Å²) in [6.07, 6.45) is 4.77. The molecule has 1 saturated heterocycles. The summed E-state index contributed by atoms with van der Waals surface area (Å²) < 4.78 is 16.9. The summed E-state index contributed by atoms with van der Waals surface area (Å²) in [5.41, 5.74) is 2.09. The highest BCUT2D eigenvalue weighted by molar-refractivity contribution is 6.00. The summed E-state index contributed by atoms with van der Waals surface area (Å²) in [4.78, 5) is 39.7. The third-order valence-corrected chi connectivity index (χ3v) is 6.52. The van der Waals surface area contributed by atoms with Gasteiger partial charge in [0.15, 0.2) is 11.2 Å². The Morgan fingerprint density at radius 3 is 2.84 bits per heavy atom. The van der Waals surface area contributed by atoms with Crippen LogP contribution in [0.4, 0.5) is 0 Å². The molecule has 1 aromatic heterocycles. The van der Waals surface area contributed by atoms with Crippen molar-refractivity contribution < 1.29 is 23.5 Å². The molecule has 7 heteroatoms. The molecule has 166 valence electrons. The maximum atomic E-state index is 13.4. The Hall–Kier alpha value is -3.19. The summed E-state index contributed by atoms with van der Waals surface area (Å²) in [5, 5.41) is 3.57. The summed E-state index contributed by atoms with van der Waals surface area (Å²) in [6.45, 7) is 4.86. The standard InChI is InChI=1S/C25H25NO6/c1-14-21(25(29)32-12-15-6-5-11-30-15)22(23-18(26-14)8-4-9-19(23)27)17-13-31-20-10-3-2-7-16(20)24(17)28/h2-3,7,10,13,15,21-22,26H,1,4-6,8-9,11-12H2. The monoisotopic (exact) mass is 435 g/mol. The fraction of sp³-hybridized carbons (Fsp3) is 0.400. The highest BCUT2D eigenvalue weighted by Gasteiger charge is 2.45. The summed E-state index contributed by atoms with van der Waals surface area (Å²) in [6, 6.07) is 6.94. The number of hydrogen-bond donors (Lipinski definition) is 1. The van der Waals surface area contributed by atoms with Gasteiger partial charge in [-0.1, -0.05) is 18.7 Å². The minimum absolute atomic E-state index is 0.0688. The number of ketones is 1. The van der Waals surface area contributed by atoms with E-state index >= 15 is 0 Å². The van der Waals surface area contributed by atoms with Crippen molar-refractivity contribution in [2.45, 2.75) is 44.1 Å². The lowest BCUT2D eigenvalue weighted by molar-refractivity contribution is -0.151. The molecule has 0 amide bonds. The molecule has 3 atom stereocenters. The van der Waals surface area contributed by atoms with Crippen LogP contribution in [-0.4, -0.2) is 31.1 Å². The van der Waals surface area contributed by atoms with Gasteiger partial charge in [0.05, 0.1) is 17.8 Å². The molecule has 1 fully saturated rings. The topological polar surface area (TPSA) is 94.8 Å². The summed E-state index contributed by atoms with van der Waals surface area (Å²) >= 11 is 0. The Balaban J connectivity index is 1.59. The summed E-state index contributed by atoms with van der Waals surface area (Å²) in [5.74, 6) is -2.31. The van der Waals surface area contributed by atoms with Crippen LogP contribution >= 0.6 is 0 Å². The minimum Gasteiger partial charge on any atom is -0.464 e. The highest BCUT2D eigenvalue weighted by Crippen LogP contribution is 2.43. The predicted octanol–water partition coefficient (Wildman–Crippen LogP) is 3.34. The normalized spacial score (nSPS) is 25.6. The van der Waals surface area contributed by atoms with E-state index in [1.54, 1.807) is 24.3 Å². The van der Waals surface area contributed by atoms with E-state index in [1.807, 2.05) is 0 Å². The second-order valence-corrected chi connectivity index (χ2v) is 8.56. The number of ether oxygens (including phenoxy) is 2. The van der Waals surface area contributed by atoms with Crippen molar-refractivity contribution >= 4 is 22.7 Å². The number of fused-ring (bicyclic) bond motifs is 1. The number of esters is 1. The van der Waals surface area contributed by atoms with Crippen molar-refractivity contribution in [2.24, 2.45) is 5.92 Å². The van der Waals surface area contributed by atoms with Gasteiger partial charge in [0.25, 0.3) is 0 Å². The van der Waals surface area contributed by atoms with Crippen LogP contribution in [0.2, 0.25) is 0 Å². The second kappa shape index (κ2) is 8.39. The van der Waals surface area contributed by atoms with Crippen LogP contribution in [0.3, 0.4) is 0 Å². The van der Waals surface area contributed by atoms with Crippen molar-refractivity contribution in [1.29, 1.82) is 0 Å². The first kappa shape index (κ1) is 20.7. The number of benzene rings is 1. The van der Waals surface area contributed by atoms with E-state index in [0.717, 1.165) is 18.5 Å². The van der Waals surface area contributed by atoms with Crippen molar-refractivity contribution in [3.05, 3.63) is 69.9 Å². The molecule has 1 aromatic carbocycles. The van der Waals surface area contributed by atoms with Crippen molar-refractivity contribution in [2.75, 3.05) is 13.2 Å². The molecule has 1 N–H and O–H groups in total. The lowest BCUT2D eigenvalue weighted by atomic mass is 9.71. The van der Waals surface area contributed by atoms with Crippen LogP contribution in [0.1, 0.15) is 43.6 Å². The molecule has 0 saturated carbocycles. The third kappa shape index (κ3) is 3.56. The zero-order chi connectivity index (χ0) is 22.2. The van der Waals surface area contributed by atoms with E-state index in [-0.39, 0.29) is 29.5 Å². The average Bonchev–Trinajstić information content (AvgIpc) is 3.31. The smallest absolute Gasteiger partial charge is 0.315 e. The Kier molecular flexibility index (Phi) is 5.43. The van der Waals surface area contributed by atoms with Gasteiger partial charge in [0, 0.05) is 41.5 Å². The Labute approximate surface area is 185 Å². The molecule has 1 aliphatic carbocycles. The SMILES string of the molecule is C=C1NC2=C(C(=O)CCC2)C(c2coc3ccccc3c2=O)C1C(=O)OCC1CCCO1. The number of carbonyl (C=O) groups excluding carboxylic acids is 2. The molecule has 3 heterocycles. The molecular formula is C25H25NO6. The number of hydrogen-bond acceptors (Lipinski definition) is 7. The number of carbonyl (C=O) groups is 2. The quantitative estimate of drug-likeness (QED) is 0.736. The average molecular weight is 435 g/mol. The van der Waals surface area contributed by atoms with Crippen LogP contribution in [0.15, 0.2) is 63.3 Å². The van der Waals surface area contributed by atoms with Gasteiger partial charge >= 0.3 is 5.97 Å². The molecule has 5 rings (SSSR count). The van der Waals surface area contributed by atoms with Gasteiger partial charge in [-0.15, -0.1) is 0 Å². The number of rotatable bonds is 4. The molecule has 2 aromatic rings. The number of nitrogens with one attached hydrogen (secondary N) is 1. The predicted molar refractivity (Wildman–Crippen MR) is 117 cm³/mol. The van der Waals surface area contributed by atoms with E-state index in [2.05, 4.69) is 11.9 Å². The fourth-order valence-electron chi connectivity index (χ4n) is 4.96. The van der Waals surface area contributed by atoms with Gasteiger partial charge in [-0.3, -0.25) is 14.4 Å². The number of allylic oxidation sites excluding steroid dienone is 2. The largest absolute Gasteiger partial charge is 0.464 e.